The Morgan fingerprint density at radius 3 is 2.35 bits per heavy atom. The van der Waals surface area contributed by atoms with E-state index in [4.69, 9.17) is 5.73 Å². The van der Waals surface area contributed by atoms with Gasteiger partial charge in [0.1, 0.15) is 0 Å². The van der Waals surface area contributed by atoms with Crippen molar-refractivity contribution in [3.63, 3.8) is 0 Å². The van der Waals surface area contributed by atoms with Crippen LogP contribution in [0.4, 0.5) is 10.5 Å². The lowest BCUT2D eigenvalue weighted by Gasteiger charge is -2.27. The first-order valence-corrected chi connectivity index (χ1v) is 13.6. The number of hydrogen-bond acceptors (Lipinski definition) is 3. The van der Waals surface area contributed by atoms with Gasteiger partial charge >= 0.3 is 6.03 Å². The topological polar surface area (TPSA) is 105 Å². The fourth-order valence-electron chi connectivity index (χ4n) is 5.65. The second kappa shape index (κ2) is 12.3. The zero-order chi connectivity index (χ0) is 26.4. The smallest absolute Gasteiger partial charge is 0.316 e. The number of nitrogens with one attached hydrogen (secondary N) is 2. The first-order valence-electron chi connectivity index (χ1n) is 13.6. The van der Waals surface area contributed by atoms with Crippen molar-refractivity contribution >= 4 is 23.5 Å². The van der Waals surface area contributed by atoms with Crippen molar-refractivity contribution < 1.29 is 17.2 Å². The van der Waals surface area contributed by atoms with E-state index < -0.39 is 6.03 Å². The third-order valence-electron chi connectivity index (χ3n) is 7.84. The van der Waals surface area contributed by atoms with Gasteiger partial charge in [0.25, 0.3) is 0 Å². The molecule has 202 valence electrons. The number of piperidine rings is 1. The first-order chi connectivity index (χ1) is 17.8. The highest BCUT2D eigenvalue weighted by Gasteiger charge is 2.28. The second-order valence-electron chi connectivity index (χ2n) is 10.6. The predicted octanol–water partition coefficient (Wildman–Crippen LogP) is 4.56. The van der Waals surface area contributed by atoms with Crippen LogP contribution in [0.25, 0.3) is 0 Å². The lowest BCUT2D eigenvalue weighted by Crippen LogP contribution is -2.42. The zero-order valence-electron chi connectivity index (χ0n) is 22.2. The van der Waals surface area contributed by atoms with Gasteiger partial charge in [-0.2, -0.15) is 0 Å². The van der Waals surface area contributed by atoms with Gasteiger partial charge in [0.2, 0.25) is 11.8 Å². The van der Waals surface area contributed by atoms with Gasteiger partial charge in [-0.15, -0.1) is 0 Å². The maximum atomic E-state index is 12.0. The predicted molar refractivity (Wildman–Crippen MR) is 151 cm³/mol. The number of carbonyl (C=O) groups is 3. The molecule has 1 fully saturated rings. The van der Waals surface area contributed by atoms with Gasteiger partial charge in [0, 0.05) is 41.0 Å². The molecule has 7 nitrogen and oxygen atoms in total. The molecular formula is C30H44N4O3. The number of nitrogens with two attached hydrogens (primary N) is 1. The minimum absolute atomic E-state index is 0. The molecule has 0 radical (unpaired) electrons. The van der Waals surface area contributed by atoms with Gasteiger partial charge in [-0.3, -0.25) is 9.59 Å². The summed E-state index contributed by atoms with van der Waals surface area (Å²) in [6.45, 7) is 3.36. The largest absolute Gasteiger partial charge is 0.356 e. The molecule has 1 atom stereocenters. The van der Waals surface area contributed by atoms with E-state index in [2.05, 4.69) is 47.9 Å². The molecule has 2 aromatic rings. The van der Waals surface area contributed by atoms with Gasteiger partial charge in [-0.1, -0.05) is 35.9 Å². The maximum Gasteiger partial charge on any atom is 0.316 e. The Kier molecular flexibility index (Phi) is 8.85. The maximum absolute atomic E-state index is 12.0. The van der Waals surface area contributed by atoms with E-state index in [-0.39, 0.29) is 20.6 Å². The number of aryl methyl sites for hydroxylation is 3. The van der Waals surface area contributed by atoms with Crippen molar-refractivity contribution in [3.8, 4) is 0 Å². The van der Waals surface area contributed by atoms with Gasteiger partial charge in [0.15, 0.2) is 0 Å². The number of amides is 4. The average Bonchev–Trinajstić information content (AvgIpc) is 3.35. The fraction of sp³-hybridized carbons (Fsp3) is 0.500. The Hall–Kier alpha value is -3.35. The molecular weight excluding hydrogens is 464 g/mol. The third-order valence-corrected chi connectivity index (χ3v) is 7.84. The molecule has 4 amide bonds. The molecule has 0 bridgehead atoms. The van der Waals surface area contributed by atoms with Crippen LogP contribution in [0.15, 0.2) is 30.3 Å². The number of carbonyl (C=O) groups excluding carboxylic acids is 3. The Balaban J connectivity index is 0.000000263. The molecule has 0 aromatic heterocycles. The van der Waals surface area contributed by atoms with Crippen LogP contribution < -0.4 is 16.4 Å². The molecule has 1 saturated heterocycles. The Bertz CT molecular complexity index is 1150. The number of anilines is 1. The molecule has 1 aliphatic heterocycles. The molecule has 5 rings (SSSR count). The summed E-state index contributed by atoms with van der Waals surface area (Å²) >= 11 is 0. The van der Waals surface area contributed by atoms with Crippen molar-refractivity contribution in [1.82, 2.24) is 10.2 Å². The number of urea groups is 1. The summed E-state index contributed by atoms with van der Waals surface area (Å²) in [7, 11) is 1.79. The molecule has 2 aromatic carbocycles. The van der Waals surface area contributed by atoms with Crippen LogP contribution in [0.3, 0.4) is 0 Å². The number of fused-ring (bicyclic) bond motifs is 2. The van der Waals surface area contributed by atoms with E-state index in [0.717, 1.165) is 44.2 Å². The molecule has 7 heteroatoms. The minimum atomic E-state index is -0.432. The number of benzene rings is 2. The average molecular weight is 509 g/mol. The first kappa shape index (κ1) is 26.7. The van der Waals surface area contributed by atoms with Crippen molar-refractivity contribution in [2.75, 3.05) is 25.5 Å². The van der Waals surface area contributed by atoms with E-state index in [9.17, 15) is 14.4 Å². The van der Waals surface area contributed by atoms with Crippen LogP contribution in [0.2, 0.25) is 0 Å². The Labute approximate surface area is 223 Å². The molecule has 2 aliphatic carbocycles. The summed E-state index contributed by atoms with van der Waals surface area (Å²) in [6, 6.07) is 10.3. The summed E-state index contributed by atoms with van der Waals surface area (Å²) in [5.41, 5.74) is 14.3. The number of primary amides is 1. The van der Waals surface area contributed by atoms with E-state index >= 15 is 0 Å². The highest BCUT2D eigenvalue weighted by atomic mass is 16.2. The Morgan fingerprint density at radius 2 is 1.68 bits per heavy atom. The minimum Gasteiger partial charge on any atom is -0.356 e. The number of rotatable bonds is 5. The SMILES string of the molecule is Cc1ccc(CCNC(=O)C2CCN(C)C(=O)C2)cc1.NC(=O)Nc1c2c(cc3c1CCC3)CCCC2.[HH].[HH]. The zero-order valence-corrected chi connectivity index (χ0v) is 22.2. The van der Waals surface area contributed by atoms with Crippen LogP contribution in [0, 0.1) is 12.8 Å². The quantitative estimate of drug-likeness (QED) is 0.551. The lowest BCUT2D eigenvalue weighted by atomic mass is 9.87. The van der Waals surface area contributed by atoms with Crippen molar-refractivity contribution in [1.29, 1.82) is 0 Å². The fourth-order valence-corrected chi connectivity index (χ4v) is 5.65. The normalized spacial score (nSPS) is 18.3. The highest BCUT2D eigenvalue weighted by Crippen LogP contribution is 2.37. The molecule has 1 unspecified atom stereocenters. The summed E-state index contributed by atoms with van der Waals surface area (Å²) in [5.74, 6) is -0.0785. The van der Waals surface area contributed by atoms with Crippen molar-refractivity contribution in [3.05, 3.63) is 63.7 Å². The van der Waals surface area contributed by atoms with E-state index in [0.29, 0.717) is 19.5 Å². The summed E-state index contributed by atoms with van der Waals surface area (Å²) in [6.07, 6.45) is 10.1. The second-order valence-corrected chi connectivity index (χ2v) is 10.6. The summed E-state index contributed by atoms with van der Waals surface area (Å²) < 4.78 is 0. The van der Waals surface area contributed by atoms with Crippen LogP contribution in [-0.4, -0.2) is 42.9 Å². The molecule has 3 aliphatic rings. The standard InChI is InChI=1S/C16H22N2O2.C14H18N2O.2H2/c1-12-3-5-13(6-4-12)7-9-17-16(20)14-8-10-18(2)15(19)11-14;15-14(17)16-13-11-6-2-1-4-9(11)8-10-5-3-7-12(10)13;;/h3-6,14H,7-11H2,1-2H3,(H,17,20);8H,1-7H2,(H3,15,16,17);2*1H. The van der Waals surface area contributed by atoms with E-state index in [1.165, 1.54) is 52.6 Å². The molecule has 37 heavy (non-hydrogen) atoms. The highest BCUT2D eigenvalue weighted by molar-refractivity contribution is 5.90. The number of hydrogen-bond donors (Lipinski definition) is 3. The molecule has 0 saturated carbocycles. The molecule has 1 heterocycles. The molecule has 0 spiro atoms. The van der Waals surface area contributed by atoms with Gasteiger partial charge < -0.3 is 21.3 Å². The third kappa shape index (κ3) is 6.90. The Morgan fingerprint density at radius 1 is 1.03 bits per heavy atom. The molecule has 4 N–H and O–H groups in total. The summed E-state index contributed by atoms with van der Waals surface area (Å²) in [4.78, 5) is 36.5. The van der Waals surface area contributed by atoms with E-state index in [1.54, 1.807) is 11.9 Å². The van der Waals surface area contributed by atoms with Crippen molar-refractivity contribution in [2.24, 2.45) is 11.7 Å². The monoisotopic (exact) mass is 508 g/mol. The van der Waals surface area contributed by atoms with Crippen molar-refractivity contribution in [2.45, 2.75) is 71.1 Å². The van der Waals surface area contributed by atoms with Crippen LogP contribution in [-0.2, 0) is 41.7 Å². The van der Waals surface area contributed by atoms with Gasteiger partial charge in [-0.25, -0.2) is 4.79 Å². The van der Waals surface area contributed by atoms with Crippen LogP contribution >= 0.6 is 0 Å². The lowest BCUT2D eigenvalue weighted by molar-refractivity contribution is -0.139. The van der Waals surface area contributed by atoms with Crippen LogP contribution in [0.5, 0.6) is 0 Å². The number of likely N-dealkylation sites (tertiary alicyclic amines) is 1. The van der Waals surface area contributed by atoms with Gasteiger partial charge in [-0.05, 0) is 92.5 Å². The van der Waals surface area contributed by atoms with Gasteiger partial charge in [0.05, 0.1) is 0 Å². The van der Waals surface area contributed by atoms with Crippen LogP contribution in [0.1, 0.15) is 68.3 Å². The number of nitrogens with zero attached hydrogens (tertiary/aromatic N) is 1. The summed E-state index contributed by atoms with van der Waals surface area (Å²) in [5, 5.41) is 5.81. The van der Waals surface area contributed by atoms with E-state index in [1.807, 2.05) is 0 Å².